The number of piperidine rings is 1. The van der Waals surface area contributed by atoms with Crippen molar-refractivity contribution in [1.82, 2.24) is 24.7 Å². The average molecular weight is 479 g/mol. The third-order valence-electron chi connectivity index (χ3n) is 7.80. The minimum atomic E-state index is -0.319. The molecule has 0 radical (unpaired) electrons. The Morgan fingerprint density at radius 2 is 1.56 bits per heavy atom. The van der Waals surface area contributed by atoms with Gasteiger partial charge in [-0.05, 0) is 54.7 Å². The van der Waals surface area contributed by atoms with E-state index in [0.717, 1.165) is 62.2 Å². The molecule has 7 rings (SSSR count). The van der Waals surface area contributed by atoms with Crippen molar-refractivity contribution in [2.24, 2.45) is 0 Å². The molecule has 0 saturated carbocycles. The molecule has 180 valence electrons. The van der Waals surface area contributed by atoms with Gasteiger partial charge in [0.1, 0.15) is 17.3 Å². The van der Waals surface area contributed by atoms with Crippen LogP contribution in [0.2, 0.25) is 0 Å². The highest BCUT2D eigenvalue weighted by atomic mass is 19.1. The van der Waals surface area contributed by atoms with E-state index in [1.807, 2.05) is 24.3 Å². The lowest BCUT2D eigenvalue weighted by molar-refractivity contribution is 0.153. The van der Waals surface area contributed by atoms with Crippen LogP contribution in [-0.2, 0) is 13.0 Å². The van der Waals surface area contributed by atoms with Crippen molar-refractivity contribution in [1.29, 1.82) is 0 Å². The summed E-state index contributed by atoms with van der Waals surface area (Å²) in [5.41, 5.74) is 5.38. The fourth-order valence-corrected chi connectivity index (χ4v) is 5.89. The van der Waals surface area contributed by atoms with Crippen LogP contribution in [-0.4, -0.2) is 50.4 Å². The SMILES string of the molecule is Fc1ccccc1-c1nnn2c1nc(N1CCC(N3CCc4ccccc4C3)CC1)c1ccccc12. The largest absolute Gasteiger partial charge is 0.356 e. The zero-order valence-corrected chi connectivity index (χ0v) is 20.0. The van der Waals surface area contributed by atoms with E-state index in [0.29, 0.717) is 22.9 Å². The van der Waals surface area contributed by atoms with Crippen LogP contribution >= 0.6 is 0 Å². The number of aromatic nitrogens is 4. The maximum Gasteiger partial charge on any atom is 0.186 e. The van der Waals surface area contributed by atoms with Crippen LogP contribution < -0.4 is 4.90 Å². The molecule has 36 heavy (non-hydrogen) atoms. The third kappa shape index (κ3) is 3.54. The minimum Gasteiger partial charge on any atom is -0.356 e. The summed E-state index contributed by atoms with van der Waals surface area (Å²) in [5.74, 6) is 0.612. The topological polar surface area (TPSA) is 49.6 Å². The Bertz CT molecular complexity index is 1570. The second-order valence-electron chi connectivity index (χ2n) is 9.81. The van der Waals surface area contributed by atoms with Gasteiger partial charge in [-0.2, -0.15) is 4.52 Å². The number of anilines is 1. The zero-order chi connectivity index (χ0) is 24.1. The van der Waals surface area contributed by atoms with E-state index < -0.39 is 0 Å². The molecule has 0 unspecified atom stereocenters. The highest BCUT2D eigenvalue weighted by Crippen LogP contribution is 2.33. The molecule has 0 atom stereocenters. The molecule has 0 spiro atoms. The van der Waals surface area contributed by atoms with Gasteiger partial charge in [0.25, 0.3) is 0 Å². The Hall–Kier alpha value is -3.84. The van der Waals surface area contributed by atoms with Crippen LogP contribution in [0.15, 0.2) is 72.8 Å². The van der Waals surface area contributed by atoms with Gasteiger partial charge in [-0.3, -0.25) is 4.90 Å². The summed E-state index contributed by atoms with van der Waals surface area (Å²) in [5, 5.41) is 9.74. The van der Waals surface area contributed by atoms with Crippen molar-refractivity contribution >= 4 is 22.4 Å². The van der Waals surface area contributed by atoms with Crippen molar-refractivity contribution in [2.75, 3.05) is 24.5 Å². The number of hydrogen-bond acceptors (Lipinski definition) is 5. The molecular weight excluding hydrogens is 451 g/mol. The molecule has 2 aliphatic heterocycles. The summed E-state index contributed by atoms with van der Waals surface area (Å²) in [6, 6.07) is 24.3. The average Bonchev–Trinajstić information content (AvgIpc) is 3.37. The van der Waals surface area contributed by atoms with Crippen molar-refractivity contribution in [3.05, 3.63) is 89.7 Å². The summed E-state index contributed by atoms with van der Waals surface area (Å²) in [7, 11) is 0. The smallest absolute Gasteiger partial charge is 0.186 e. The lowest BCUT2D eigenvalue weighted by Gasteiger charge is -2.41. The number of fused-ring (bicyclic) bond motifs is 4. The zero-order valence-electron chi connectivity index (χ0n) is 20.0. The van der Waals surface area contributed by atoms with Crippen molar-refractivity contribution in [3.8, 4) is 11.3 Å². The molecule has 0 amide bonds. The number of benzene rings is 3. The fraction of sp³-hybridized carbons (Fsp3) is 0.276. The predicted molar refractivity (Wildman–Crippen MR) is 139 cm³/mol. The van der Waals surface area contributed by atoms with Crippen LogP contribution in [0.5, 0.6) is 0 Å². The first-order chi connectivity index (χ1) is 17.8. The second kappa shape index (κ2) is 8.68. The first kappa shape index (κ1) is 21.4. The molecule has 2 aromatic heterocycles. The molecule has 7 heteroatoms. The molecular formula is C29H27FN6. The number of para-hydroxylation sites is 1. The summed E-state index contributed by atoms with van der Waals surface area (Å²) in [4.78, 5) is 10.1. The molecule has 1 saturated heterocycles. The Balaban J connectivity index is 1.21. The normalized spacial score (nSPS) is 17.1. The van der Waals surface area contributed by atoms with Gasteiger partial charge >= 0.3 is 0 Å². The quantitative estimate of drug-likeness (QED) is 0.361. The Kier molecular flexibility index (Phi) is 5.17. The van der Waals surface area contributed by atoms with E-state index in [1.54, 1.807) is 16.6 Å². The molecule has 0 bridgehead atoms. The first-order valence-electron chi connectivity index (χ1n) is 12.7. The number of halogens is 1. The van der Waals surface area contributed by atoms with Gasteiger partial charge < -0.3 is 4.90 Å². The number of rotatable bonds is 3. The van der Waals surface area contributed by atoms with Gasteiger partial charge in [0.15, 0.2) is 5.65 Å². The monoisotopic (exact) mass is 478 g/mol. The Labute approximate surface area is 209 Å². The molecule has 3 aromatic carbocycles. The summed E-state index contributed by atoms with van der Waals surface area (Å²) >= 11 is 0. The molecule has 1 fully saturated rings. The lowest BCUT2D eigenvalue weighted by atomic mass is 9.95. The summed E-state index contributed by atoms with van der Waals surface area (Å²) in [6.45, 7) is 4.04. The van der Waals surface area contributed by atoms with Crippen LogP contribution in [0.1, 0.15) is 24.0 Å². The standard InChI is InChI=1S/C29H27FN6/c30-25-11-5-3-9-23(25)27-29-31-28(24-10-4-6-12-26(24)36(29)33-32-27)34-17-14-22(15-18-34)35-16-13-20-7-1-2-8-21(20)19-35/h1-12,22H,13-19H2. The van der Waals surface area contributed by atoms with Crippen molar-refractivity contribution in [2.45, 2.75) is 31.8 Å². The molecule has 6 nitrogen and oxygen atoms in total. The highest BCUT2D eigenvalue weighted by molar-refractivity contribution is 5.93. The van der Waals surface area contributed by atoms with Crippen LogP contribution in [0.4, 0.5) is 10.2 Å². The fourth-order valence-electron chi connectivity index (χ4n) is 5.89. The van der Waals surface area contributed by atoms with Gasteiger partial charge in [-0.15, -0.1) is 5.10 Å². The van der Waals surface area contributed by atoms with Gasteiger partial charge in [-0.25, -0.2) is 9.37 Å². The van der Waals surface area contributed by atoms with Gasteiger partial charge in [-0.1, -0.05) is 53.7 Å². The summed E-state index contributed by atoms with van der Waals surface area (Å²) < 4.78 is 16.4. The summed E-state index contributed by atoms with van der Waals surface area (Å²) in [6.07, 6.45) is 3.33. The molecule has 2 aliphatic rings. The van der Waals surface area contributed by atoms with E-state index in [1.165, 1.54) is 17.2 Å². The van der Waals surface area contributed by atoms with E-state index in [2.05, 4.69) is 50.4 Å². The Morgan fingerprint density at radius 3 is 2.42 bits per heavy atom. The van der Waals surface area contributed by atoms with E-state index in [4.69, 9.17) is 4.98 Å². The maximum absolute atomic E-state index is 14.6. The van der Waals surface area contributed by atoms with E-state index in [-0.39, 0.29) is 5.82 Å². The van der Waals surface area contributed by atoms with E-state index >= 15 is 0 Å². The first-order valence-corrected chi connectivity index (χ1v) is 12.7. The van der Waals surface area contributed by atoms with Crippen LogP contribution in [0.25, 0.3) is 27.8 Å². The van der Waals surface area contributed by atoms with Crippen molar-refractivity contribution in [3.63, 3.8) is 0 Å². The highest BCUT2D eigenvalue weighted by Gasteiger charge is 2.29. The predicted octanol–water partition coefficient (Wildman–Crippen LogP) is 5.11. The van der Waals surface area contributed by atoms with Gasteiger partial charge in [0.2, 0.25) is 0 Å². The molecule has 0 aliphatic carbocycles. The van der Waals surface area contributed by atoms with Crippen LogP contribution in [0.3, 0.4) is 0 Å². The number of hydrogen-bond donors (Lipinski definition) is 0. The van der Waals surface area contributed by atoms with Gasteiger partial charge in [0, 0.05) is 43.2 Å². The third-order valence-corrected chi connectivity index (χ3v) is 7.80. The number of nitrogens with zero attached hydrogens (tertiary/aromatic N) is 6. The van der Waals surface area contributed by atoms with Gasteiger partial charge in [0.05, 0.1) is 5.52 Å². The maximum atomic E-state index is 14.6. The Morgan fingerprint density at radius 1 is 0.806 bits per heavy atom. The van der Waals surface area contributed by atoms with Crippen molar-refractivity contribution < 1.29 is 4.39 Å². The van der Waals surface area contributed by atoms with Crippen LogP contribution in [0, 0.1) is 5.82 Å². The molecule has 5 aromatic rings. The molecule has 0 N–H and O–H groups in total. The second-order valence-corrected chi connectivity index (χ2v) is 9.81. The molecule has 4 heterocycles. The lowest BCUT2D eigenvalue weighted by Crippen LogP contribution is -2.46. The van der Waals surface area contributed by atoms with E-state index in [9.17, 15) is 4.39 Å². The minimum absolute atomic E-state index is 0.319.